The standard InChI is InChI=1S/C35H43ClN4O2/c1-2-40-32-10-6-5-9-29(32)30-23-26(11-14-33(30)40)25-39-20-15-28(16-21-39)42-34-24-27(12-13-31(34)36)35(41)37-17-22-38-18-7-3-4-8-19-38/h5-6,9-14,23-24,28H,2-4,7-8,15-22,25H2,1H3,(H,37,41). The minimum Gasteiger partial charge on any atom is -0.489 e. The van der Waals surface area contributed by atoms with Crippen LogP contribution in [0.25, 0.3) is 21.8 Å². The summed E-state index contributed by atoms with van der Waals surface area (Å²) in [5, 5.41) is 6.30. The Morgan fingerprint density at radius 2 is 1.64 bits per heavy atom. The maximum absolute atomic E-state index is 12.9. The van der Waals surface area contributed by atoms with Crippen molar-refractivity contribution < 1.29 is 9.53 Å². The van der Waals surface area contributed by atoms with Crippen molar-refractivity contribution in [3.05, 3.63) is 76.8 Å². The average molecular weight is 587 g/mol. The molecule has 0 atom stereocenters. The molecule has 0 saturated carbocycles. The second-order valence-electron chi connectivity index (χ2n) is 11.9. The van der Waals surface area contributed by atoms with Crippen LogP contribution in [0, 0.1) is 0 Å². The molecule has 0 spiro atoms. The van der Waals surface area contributed by atoms with Crippen molar-refractivity contribution in [1.82, 2.24) is 19.7 Å². The van der Waals surface area contributed by atoms with E-state index in [0.717, 1.165) is 58.7 Å². The number of benzene rings is 3. The van der Waals surface area contributed by atoms with E-state index in [-0.39, 0.29) is 12.0 Å². The largest absolute Gasteiger partial charge is 0.489 e. The summed E-state index contributed by atoms with van der Waals surface area (Å²) in [5.41, 5.74) is 4.55. The Kier molecular flexibility index (Phi) is 9.33. The van der Waals surface area contributed by atoms with E-state index in [9.17, 15) is 4.79 Å². The molecule has 2 fully saturated rings. The smallest absolute Gasteiger partial charge is 0.251 e. The lowest BCUT2D eigenvalue weighted by molar-refractivity contribution is 0.0933. The number of nitrogens with one attached hydrogen (secondary N) is 1. The van der Waals surface area contributed by atoms with Crippen LogP contribution in [0.5, 0.6) is 5.75 Å². The van der Waals surface area contributed by atoms with Crippen LogP contribution < -0.4 is 10.1 Å². The van der Waals surface area contributed by atoms with Crippen LogP contribution in [0.15, 0.2) is 60.7 Å². The van der Waals surface area contributed by atoms with Crippen molar-refractivity contribution in [3.8, 4) is 5.75 Å². The molecule has 7 heteroatoms. The number of carbonyl (C=O) groups excluding carboxylic acids is 1. The van der Waals surface area contributed by atoms with Crippen LogP contribution in [-0.2, 0) is 13.1 Å². The summed E-state index contributed by atoms with van der Waals surface area (Å²) in [5.74, 6) is 0.535. The maximum Gasteiger partial charge on any atom is 0.251 e. The zero-order valence-electron chi connectivity index (χ0n) is 24.8. The number of amides is 1. The zero-order valence-corrected chi connectivity index (χ0v) is 25.5. The van der Waals surface area contributed by atoms with Gasteiger partial charge in [0.05, 0.1) is 5.02 Å². The average Bonchev–Trinajstić information content (AvgIpc) is 3.12. The van der Waals surface area contributed by atoms with E-state index in [1.54, 1.807) is 18.2 Å². The molecule has 2 aliphatic heterocycles. The third-order valence-corrected chi connectivity index (χ3v) is 9.31. The summed E-state index contributed by atoms with van der Waals surface area (Å²) in [4.78, 5) is 17.8. The van der Waals surface area contributed by atoms with Gasteiger partial charge in [-0.25, -0.2) is 0 Å². The van der Waals surface area contributed by atoms with Gasteiger partial charge in [0, 0.05) is 66.6 Å². The molecule has 6 rings (SSSR count). The van der Waals surface area contributed by atoms with Gasteiger partial charge in [0.1, 0.15) is 11.9 Å². The van der Waals surface area contributed by atoms with E-state index in [1.807, 2.05) is 0 Å². The highest BCUT2D eigenvalue weighted by Crippen LogP contribution is 2.31. The Hall–Kier alpha value is -3.06. The van der Waals surface area contributed by atoms with Crippen molar-refractivity contribution in [1.29, 1.82) is 0 Å². The number of hydrogen-bond donors (Lipinski definition) is 1. The Bertz CT molecular complexity index is 1520. The van der Waals surface area contributed by atoms with Gasteiger partial charge in [-0.15, -0.1) is 0 Å². The molecule has 222 valence electrons. The van der Waals surface area contributed by atoms with E-state index < -0.39 is 0 Å². The molecule has 4 aromatic rings. The van der Waals surface area contributed by atoms with Crippen LogP contribution in [-0.4, -0.2) is 65.6 Å². The van der Waals surface area contributed by atoms with E-state index in [1.165, 1.54) is 53.1 Å². The van der Waals surface area contributed by atoms with Crippen molar-refractivity contribution in [2.24, 2.45) is 0 Å². The first-order chi connectivity index (χ1) is 20.6. The van der Waals surface area contributed by atoms with Crippen LogP contribution in [0.4, 0.5) is 0 Å². The predicted octanol–water partition coefficient (Wildman–Crippen LogP) is 7.12. The van der Waals surface area contributed by atoms with Crippen LogP contribution >= 0.6 is 11.6 Å². The Morgan fingerprint density at radius 1 is 0.881 bits per heavy atom. The highest BCUT2D eigenvalue weighted by molar-refractivity contribution is 6.32. The number of aryl methyl sites for hydroxylation is 1. The number of ether oxygens (including phenoxy) is 1. The Balaban J connectivity index is 1.02. The SMILES string of the molecule is CCn1c2ccccc2c2cc(CN3CCC(Oc4cc(C(=O)NCCN5CCCCCC5)ccc4Cl)CC3)ccc21. The van der Waals surface area contributed by atoms with Crippen molar-refractivity contribution in [2.45, 2.75) is 64.6 Å². The highest BCUT2D eigenvalue weighted by Gasteiger charge is 2.22. The molecule has 6 nitrogen and oxygen atoms in total. The molecule has 3 aromatic carbocycles. The predicted molar refractivity (Wildman–Crippen MR) is 173 cm³/mol. The number of carbonyl (C=O) groups is 1. The second kappa shape index (κ2) is 13.5. The molecular formula is C35H43ClN4O2. The minimum absolute atomic E-state index is 0.0693. The van der Waals surface area contributed by atoms with Gasteiger partial charge in [0.2, 0.25) is 0 Å². The van der Waals surface area contributed by atoms with Gasteiger partial charge in [-0.1, -0.05) is 48.7 Å². The summed E-state index contributed by atoms with van der Waals surface area (Å²) in [6.07, 6.45) is 7.09. The molecule has 2 aliphatic rings. The number of piperidine rings is 1. The number of rotatable bonds is 9. The summed E-state index contributed by atoms with van der Waals surface area (Å²) in [6.45, 7) is 9.86. The molecule has 0 bridgehead atoms. The van der Waals surface area contributed by atoms with Gasteiger partial charge in [-0.05, 0) is 87.7 Å². The fourth-order valence-electron chi connectivity index (χ4n) is 6.69. The summed E-state index contributed by atoms with van der Waals surface area (Å²) >= 11 is 6.50. The maximum atomic E-state index is 12.9. The summed E-state index contributed by atoms with van der Waals surface area (Å²) in [7, 11) is 0. The fraction of sp³-hybridized carbons (Fsp3) is 0.457. The topological polar surface area (TPSA) is 49.7 Å². The van der Waals surface area contributed by atoms with Gasteiger partial charge in [-0.3, -0.25) is 9.69 Å². The van der Waals surface area contributed by atoms with Crippen molar-refractivity contribution >= 4 is 39.3 Å². The molecule has 42 heavy (non-hydrogen) atoms. The second-order valence-corrected chi connectivity index (χ2v) is 12.3. The number of para-hydroxylation sites is 1. The number of halogens is 1. The Labute approximate surface area is 254 Å². The lowest BCUT2D eigenvalue weighted by atomic mass is 10.0. The van der Waals surface area contributed by atoms with E-state index in [0.29, 0.717) is 22.9 Å². The molecule has 0 radical (unpaired) electrons. The third kappa shape index (κ3) is 6.61. The fourth-order valence-corrected chi connectivity index (χ4v) is 6.85. The lowest BCUT2D eigenvalue weighted by Gasteiger charge is -2.32. The van der Waals surface area contributed by atoms with Crippen LogP contribution in [0.2, 0.25) is 5.02 Å². The monoisotopic (exact) mass is 586 g/mol. The molecule has 0 unspecified atom stereocenters. The summed E-state index contributed by atoms with van der Waals surface area (Å²) < 4.78 is 8.76. The Morgan fingerprint density at radius 3 is 2.43 bits per heavy atom. The van der Waals surface area contributed by atoms with E-state index >= 15 is 0 Å². The quantitative estimate of drug-likeness (QED) is 0.227. The normalized spacial score (nSPS) is 17.5. The van der Waals surface area contributed by atoms with Crippen LogP contribution in [0.1, 0.15) is 61.4 Å². The zero-order chi connectivity index (χ0) is 28.9. The molecular weight excluding hydrogens is 544 g/mol. The number of aromatic nitrogens is 1. The molecule has 2 saturated heterocycles. The van der Waals surface area contributed by atoms with Gasteiger partial charge in [-0.2, -0.15) is 0 Å². The number of nitrogens with zero attached hydrogens (tertiary/aromatic N) is 3. The first kappa shape index (κ1) is 29.0. The number of hydrogen-bond acceptors (Lipinski definition) is 4. The van der Waals surface area contributed by atoms with Gasteiger partial charge in [0.25, 0.3) is 5.91 Å². The molecule has 0 aliphatic carbocycles. The summed E-state index contributed by atoms with van der Waals surface area (Å²) in [6, 6.07) is 21.0. The highest BCUT2D eigenvalue weighted by atomic mass is 35.5. The minimum atomic E-state index is -0.0693. The van der Waals surface area contributed by atoms with Crippen molar-refractivity contribution in [2.75, 3.05) is 39.3 Å². The lowest BCUT2D eigenvalue weighted by Crippen LogP contribution is -2.38. The van der Waals surface area contributed by atoms with Gasteiger partial charge in [0.15, 0.2) is 0 Å². The first-order valence-corrected chi connectivity index (χ1v) is 16.2. The van der Waals surface area contributed by atoms with E-state index in [2.05, 4.69) is 69.1 Å². The van der Waals surface area contributed by atoms with Gasteiger partial charge < -0.3 is 19.5 Å². The molecule has 1 amide bonds. The van der Waals surface area contributed by atoms with E-state index in [4.69, 9.17) is 16.3 Å². The molecule has 1 N–H and O–H groups in total. The first-order valence-electron chi connectivity index (χ1n) is 15.8. The number of fused-ring (bicyclic) bond motifs is 3. The molecule has 3 heterocycles. The van der Waals surface area contributed by atoms with Crippen molar-refractivity contribution in [3.63, 3.8) is 0 Å². The van der Waals surface area contributed by atoms with Gasteiger partial charge >= 0.3 is 0 Å². The third-order valence-electron chi connectivity index (χ3n) is 8.99. The molecule has 1 aromatic heterocycles. The van der Waals surface area contributed by atoms with Crippen LogP contribution in [0.3, 0.4) is 0 Å². The number of likely N-dealkylation sites (tertiary alicyclic amines) is 2.